The number of aliphatic hydroxyl groups is 1. The molecule has 1 aromatic rings. The maximum absolute atomic E-state index is 12.1. The molecule has 174 valence electrons. The number of rotatable bonds is 2. The lowest BCUT2D eigenvalue weighted by molar-refractivity contribution is -0.158. The van der Waals surface area contributed by atoms with Gasteiger partial charge in [-0.1, -0.05) is 13.8 Å². The highest BCUT2D eigenvalue weighted by Crippen LogP contribution is 2.78. The summed E-state index contributed by atoms with van der Waals surface area (Å²) in [4.78, 5) is 24.1. The molecule has 1 aliphatic heterocycles. The van der Waals surface area contributed by atoms with Gasteiger partial charge in [0.05, 0.1) is 12.4 Å². The average Bonchev–Trinajstić information content (AvgIpc) is 3.43. The predicted molar refractivity (Wildman–Crippen MR) is 116 cm³/mol. The molecule has 2 heterocycles. The quantitative estimate of drug-likeness (QED) is 0.554. The second-order valence-electron chi connectivity index (χ2n) is 11.6. The van der Waals surface area contributed by atoms with E-state index in [9.17, 15) is 14.7 Å². The van der Waals surface area contributed by atoms with E-state index in [4.69, 9.17) is 13.9 Å². The minimum Gasteiger partial charge on any atom is -0.459 e. The fourth-order valence-corrected chi connectivity index (χ4v) is 9.14. The van der Waals surface area contributed by atoms with E-state index in [2.05, 4.69) is 13.8 Å². The van der Waals surface area contributed by atoms with E-state index in [-0.39, 0.29) is 52.3 Å². The largest absolute Gasteiger partial charge is 0.459 e. The van der Waals surface area contributed by atoms with Gasteiger partial charge in [0.25, 0.3) is 0 Å². The number of esters is 1. The van der Waals surface area contributed by atoms with Gasteiger partial charge in [0.2, 0.25) is 0 Å². The predicted octanol–water partition coefficient (Wildman–Crippen LogP) is 3.80. The Labute approximate surface area is 188 Å². The molecule has 0 bridgehead atoms. The Morgan fingerprint density at radius 1 is 1.16 bits per heavy atom. The van der Waals surface area contributed by atoms with Gasteiger partial charge in [-0.25, -0.2) is 4.79 Å². The molecule has 0 radical (unpaired) electrons. The number of hydrogen-bond donors (Lipinski definition) is 1. The Morgan fingerprint density at radius 3 is 2.72 bits per heavy atom. The number of hydrogen-bond acceptors (Lipinski definition) is 6. The van der Waals surface area contributed by atoms with Crippen molar-refractivity contribution in [1.82, 2.24) is 0 Å². The number of aliphatic hydroxyl groups excluding tert-OH is 1. The first-order valence-electron chi connectivity index (χ1n) is 12.3. The Bertz CT molecular complexity index is 1000. The van der Waals surface area contributed by atoms with Crippen molar-refractivity contribution in [2.45, 2.75) is 95.5 Å². The lowest BCUT2D eigenvalue weighted by atomic mass is 9.44. The van der Waals surface area contributed by atoms with Gasteiger partial charge in [0, 0.05) is 24.3 Å². The molecule has 0 aromatic carbocycles. The topological polar surface area (TPSA) is 89.3 Å². The van der Waals surface area contributed by atoms with Gasteiger partial charge in [-0.3, -0.25) is 4.79 Å². The van der Waals surface area contributed by atoms with Gasteiger partial charge < -0.3 is 19.0 Å². The molecule has 1 spiro atoms. The Balaban J connectivity index is 1.42. The van der Waals surface area contributed by atoms with Crippen LogP contribution in [0.15, 0.2) is 27.6 Å². The molecular weight excluding hydrogens is 408 g/mol. The van der Waals surface area contributed by atoms with Crippen LogP contribution in [-0.4, -0.2) is 35.0 Å². The van der Waals surface area contributed by atoms with Crippen LogP contribution in [0.2, 0.25) is 0 Å². The molecular formula is C26H34O6. The first-order valence-corrected chi connectivity index (χ1v) is 12.3. The van der Waals surface area contributed by atoms with Crippen molar-refractivity contribution in [1.29, 1.82) is 0 Å². The van der Waals surface area contributed by atoms with Crippen LogP contribution < -0.4 is 5.63 Å². The van der Waals surface area contributed by atoms with Crippen LogP contribution in [0, 0.1) is 28.6 Å². The summed E-state index contributed by atoms with van der Waals surface area (Å²) in [6, 6.07) is 3.43. The minimum atomic E-state index is -0.378. The van der Waals surface area contributed by atoms with E-state index in [1.807, 2.05) is 6.07 Å². The van der Waals surface area contributed by atoms with Crippen LogP contribution in [0.1, 0.15) is 77.2 Å². The third-order valence-corrected chi connectivity index (χ3v) is 10.5. The zero-order chi connectivity index (χ0) is 22.5. The number of fused-ring (bicyclic) bond motifs is 3. The maximum Gasteiger partial charge on any atom is 0.335 e. The van der Waals surface area contributed by atoms with E-state index in [1.165, 1.54) is 13.2 Å². The van der Waals surface area contributed by atoms with Crippen LogP contribution in [0.5, 0.6) is 0 Å². The summed E-state index contributed by atoms with van der Waals surface area (Å²) in [7, 11) is 0. The summed E-state index contributed by atoms with van der Waals surface area (Å²) >= 11 is 0. The summed E-state index contributed by atoms with van der Waals surface area (Å²) in [6.45, 7) is 6.21. The molecule has 6 heteroatoms. The second kappa shape index (κ2) is 6.69. The molecule has 0 unspecified atom stereocenters. The van der Waals surface area contributed by atoms with Crippen LogP contribution >= 0.6 is 0 Å². The number of carbonyl (C=O) groups excluding carboxylic acids is 1. The highest BCUT2D eigenvalue weighted by Gasteiger charge is 2.84. The molecule has 1 saturated heterocycles. The normalized spacial score (nSPS) is 51.1. The molecule has 1 aromatic heterocycles. The zero-order valence-corrected chi connectivity index (χ0v) is 19.2. The summed E-state index contributed by atoms with van der Waals surface area (Å²) in [5.41, 5.74) is 0.248. The molecule has 6 rings (SSSR count). The Morgan fingerprint density at radius 2 is 1.97 bits per heavy atom. The molecule has 32 heavy (non-hydrogen) atoms. The molecule has 6 nitrogen and oxygen atoms in total. The number of ether oxygens (including phenoxy) is 2. The Hall–Kier alpha value is -1.66. The van der Waals surface area contributed by atoms with Gasteiger partial charge in [-0.05, 0) is 79.7 Å². The van der Waals surface area contributed by atoms with Crippen molar-refractivity contribution in [3.63, 3.8) is 0 Å². The Kier molecular flexibility index (Phi) is 4.37. The lowest BCUT2D eigenvalue weighted by Gasteiger charge is -2.61. The van der Waals surface area contributed by atoms with E-state index in [0.717, 1.165) is 50.5 Å². The van der Waals surface area contributed by atoms with Crippen molar-refractivity contribution >= 4 is 5.97 Å². The SMILES string of the molecule is CC(=O)O[C@H]1[C@H]2O[C@]23[C@H]2CC[C@@H]4C[C@@H](O)CC[C@]4(C)[C@@H]2CC[C@@]3(C)[C@H]1c1ccoc(=O)c1. The third kappa shape index (κ3) is 2.54. The molecule has 10 atom stereocenters. The van der Waals surface area contributed by atoms with E-state index < -0.39 is 0 Å². The van der Waals surface area contributed by atoms with Crippen LogP contribution in [0.25, 0.3) is 0 Å². The van der Waals surface area contributed by atoms with Crippen molar-refractivity contribution < 1.29 is 23.8 Å². The average molecular weight is 443 g/mol. The highest BCUT2D eigenvalue weighted by atomic mass is 16.7. The minimum absolute atomic E-state index is 0.0751. The van der Waals surface area contributed by atoms with E-state index in [1.54, 1.807) is 6.07 Å². The van der Waals surface area contributed by atoms with Crippen LogP contribution in [0.4, 0.5) is 0 Å². The van der Waals surface area contributed by atoms with Crippen LogP contribution in [-0.2, 0) is 14.3 Å². The number of carbonyl (C=O) groups is 1. The summed E-state index contributed by atoms with van der Waals surface area (Å²) in [5, 5.41) is 10.3. The van der Waals surface area contributed by atoms with Gasteiger partial charge in [0.1, 0.15) is 17.8 Å². The number of epoxide rings is 1. The van der Waals surface area contributed by atoms with E-state index >= 15 is 0 Å². The van der Waals surface area contributed by atoms with Gasteiger partial charge in [0.15, 0.2) is 0 Å². The molecule has 5 fully saturated rings. The standard InChI is InChI=1S/C26H34O6/c1-14(27)31-22-21(15-8-11-30-20(29)12-15)25(3)10-7-18-19(26(25)23(22)32-26)5-4-16-13-17(28)6-9-24(16,18)2/h8,11-12,16-19,21-23,28H,4-7,9-10,13H2,1-3H3/t16-,17+,18-,19+,21+,22-,23-,24+,25+,26-/m1/s1. The first kappa shape index (κ1) is 20.9. The van der Waals surface area contributed by atoms with Gasteiger partial charge >= 0.3 is 11.6 Å². The van der Waals surface area contributed by atoms with Crippen molar-refractivity contribution in [2.24, 2.45) is 28.6 Å². The smallest absolute Gasteiger partial charge is 0.335 e. The van der Waals surface area contributed by atoms with E-state index in [0.29, 0.717) is 17.8 Å². The molecule has 5 aliphatic rings. The molecule has 4 saturated carbocycles. The zero-order valence-electron chi connectivity index (χ0n) is 19.2. The second-order valence-corrected chi connectivity index (χ2v) is 11.6. The van der Waals surface area contributed by atoms with Crippen LogP contribution in [0.3, 0.4) is 0 Å². The lowest BCUT2D eigenvalue weighted by Crippen LogP contribution is -2.58. The van der Waals surface area contributed by atoms with Gasteiger partial charge in [-0.15, -0.1) is 0 Å². The highest BCUT2D eigenvalue weighted by molar-refractivity contribution is 5.66. The van der Waals surface area contributed by atoms with Crippen molar-refractivity contribution in [3.8, 4) is 0 Å². The molecule has 4 aliphatic carbocycles. The maximum atomic E-state index is 12.1. The first-order chi connectivity index (χ1) is 15.2. The molecule has 0 amide bonds. The summed E-state index contributed by atoms with van der Waals surface area (Å²) < 4.78 is 17.6. The van der Waals surface area contributed by atoms with Crippen molar-refractivity contribution in [3.05, 3.63) is 34.4 Å². The van der Waals surface area contributed by atoms with Gasteiger partial charge in [-0.2, -0.15) is 0 Å². The summed E-state index contributed by atoms with van der Waals surface area (Å²) in [5.74, 6) is 1.18. The van der Waals surface area contributed by atoms with Crippen molar-refractivity contribution in [2.75, 3.05) is 0 Å². The summed E-state index contributed by atoms with van der Waals surface area (Å²) in [6.07, 6.45) is 8.02. The molecule has 1 N–H and O–H groups in total. The fourth-order valence-electron chi connectivity index (χ4n) is 9.14. The fraction of sp³-hybridized carbons (Fsp3) is 0.769. The third-order valence-electron chi connectivity index (χ3n) is 10.5. The monoisotopic (exact) mass is 442 g/mol.